The molecule has 1 heterocycles. The van der Waals surface area contributed by atoms with Gasteiger partial charge in [-0.15, -0.1) is 11.3 Å². The van der Waals surface area contributed by atoms with Crippen LogP contribution in [0.25, 0.3) is 0 Å². The van der Waals surface area contributed by atoms with Crippen molar-refractivity contribution < 1.29 is 18.7 Å². The Hall–Kier alpha value is -1.92. The Kier molecular flexibility index (Phi) is 4.59. The Labute approximate surface area is 129 Å². The van der Waals surface area contributed by atoms with Crippen LogP contribution in [0.5, 0.6) is 0 Å². The zero-order valence-corrected chi connectivity index (χ0v) is 12.8. The quantitative estimate of drug-likeness (QED) is 0.870. The minimum Gasteiger partial charge on any atom is -0.465 e. The Bertz CT molecular complexity index is 714. The van der Waals surface area contributed by atoms with Gasteiger partial charge in [-0.25, -0.2) is 9.18 Å². The smallest absolute Gasteiger partial charge is 0.350 e. The van der Waals surface area contributed by atoms with Gasteiger partial charge in [-0.2, -0.15) is 0 Å². The van der Waals surface area contributed by atoms with E-state index in [2.05, 4.69) is 10.1 Å². The number of hydrogen-bond acceptors (Lipinski definition) is 4. The molecule has 0 aliphatic rings. The standard InChI is InChI=1S/C14H11ClFNO3S/c1-7-6-21-12(14(19)20-2)11(7)17-13(18)8-3-4-9(15)10(16)5-8/h3-6H,1-2H3,(H,17,18). The number of rotatable bonds is 3. The summed E-state index contributed by atoms with van der Waals surface area (Å²) in [5.74, 6) is -1.75. The van der Waals surface area contributed by atoms with E-state index in [0.29, 0.717) is 5.69 Å². The molecule has 0 fully saturated rings. The number of benzene rings is 1. The molecule has 21 heavy (non-hydrogen) atoms. The highest BCUT2D eigenvalue weighted by Crippen LogP contribution is 2.29. The average molecular weight is 328 g/mol. The minimum absolute atomic E-state index is 0.0616. The third kappa shape index (κ3) is 3.22. The van der Waals surface area contributed by atoms with E-state index in [-0.39, 0.29) is 15.5 Å². The Morgan fingerprint density at radius 1 is 1.38 bits per heavy atom. The second-order valence-corrected chi connectivity index (χ2v) is 5.48. The van der Waals surface area contributed by atoms with Gasteiger partial charge in [-0.05, 0) is 36.1 Å². The molecule has 4 nitrogen and oxygen atoms in total. The first-order valence-electron chi connectivity index (χ1n) is 5.87. The van der Waals surface area contributed by atoms with Crippen molar-refractivity contribution in [2.75, 3.05) is 12.4 Å². The molecule has 2 aromatic rings. The van der Waals surface area contributed by atoms with E-state index in [1.165, 1.54) is 30.6 Å². The molecule has 110 valence electrons. The number of carbonyl (C=O) groups is 2. The van der Waals surface area contributed by atoms with Crippen molar-refractivity contribution in [2.24, 2.45) is 0 Å². The lowest BCUT2D eigenvalue weighted by Crippen LogP contribution is -2.15. The lowest BCUT2D eigenvalue weighted by Gasteiger charge is -2.07. The molecule has 0 saturated carbocycles. The predicted octanol–water partition coefficient (Wildman–Crippen LogP) is 3.89. The fourth-order valence-corrected chi connectivity index (χ4v) is 2.70. The van der Waals surface area contributed by atoms with Gasteiger partial charge in [-0.3, -0.25) is 4.79 Å². The number of anilines is 1. The summed E-state index contributed by atoms with van der Waals surface area (Å²) < 4.78 is 18.0. The molecule has 2 rings (SSSR count). The summed E-state index contributed by atoms with van der Waals surface area (Å²) in [4.78, 5) is 24.0. The summed E-state index contributed by atoms with van der Waals surface area (Å²) in [5, 5.41) is 4.26. The van der Waals surface area contributed by atoms with Crippen LogP contribution in [0.15, 0.2) is 23.6 Å². The molecule has 0 bridgehead atoms. The minimum atomic E-state index is -0.681. The highest BCUT2D eigenvalue weighted by atomic mass is 35.5. The second kappa shape index (κ2) is 6.24. The summed E-state index contributed by atoms with van der Waals surface area (Å²) >= 11 is 6.74. The zero-order chi connectivity index (χ0) is 15.6. The van der Waals surface area contributed by atoms with Crippen molar-refractivity contribution in [3.05, 3.63) is 50.4 Å². The van der Waals surface area contributed by atoms with Crippen molar-refractivity contribution in [1.29, 1.82) is 0 Å². The molecule has 0 saturated heterocycles. The molecule has 1 N–H and O–H groups in total. The number of thiophene rings is 1. The van der Waals surface area contributed by atoms with E-state index in [1.807, 2.05) is 0 Å². The van der Waals surface area contributed by atoms with Gasteiger partial charge >= 0.3 is 5.97 Å². The first-order chi connectivity index (χ1) is 9.93. The number of methoxy groups -OCH3 is 1. The maximum absolute atomic E-state index is 13.4. The first kappa shape index (κ1) is 15.5. The molecule has 7 heteroatoms. The van der Waals surface area contributed by atoms with Gasteiger partial charge in [-0.1, -0.05) is 11.6 Å². The molecule has 0 aliphatic heterocycles. The fourth-order valence-electron chi connectivity index (χ4n) is 1.67. The SMILES string of the molecule is COC(=O)c1scc(C)c1NC(=O)c1ccc(Cl)c(F)c1. The van der Waals surface area contributed by atoms with Crippen molar-refractivity contribution >= 4 is 40.5 Å². The molecule has 0 unspecified atom stereocenters. The number of aryl methyl sites for hydroxylation is 1. The van der Waals surface area contributed by atoms with Gasteiger partial charge in [0.2, 0.25) is 0 Å². The Morgan fingerprint density at radius 2 is 2.10 bits per heavy atom. The number of halogens is 2. The highest BCUT2D eigenvalue weighted by Gasteiger charge is 2.19. The summed E-state index contributed by atoms with van der Waals surface area (Å²) in [5.41, 5.74) is 1.20. The van der Waals surface area contributed by atoms with Crippen LogP contribution in [0.1, 0.15) is 25.6 Å². The number of hydrogen-bond donors (Lipinski definition) is 1. The van der Waals surface area contributed by atoms with Crippen LogP contribution in [0.4, 0.5) is 10.1 Å². The summed E-state index contributed by atoms with van der Waals surface area (Å²) in [7, 11) is 1.26. The lowest BCUT2D eigenvalue weighted by atomic mass is 10.2. The molecule has 0 spiro atoms. The van der Waals surface area contributed by atoms with Crippen LogP contribution < -0.4 is 5.32 Å². The lowest BCUT2D eigenvalue weighted by molar-refractivity contribution is 0.0607. The molecule has 1 aromatic carbocycles. The van der Waals surface area contributed by atoms with E-state index < -0.39 is 17.7 Å². The fraction of sp³-hybridized carbons (Fsp3) is 0.143. The van der Waals surface area contributed by atoms with Crippen molar-refractivity contribution in [1.82, 2.24) is 0 Å². The topological polar surface area (TPSA) is 55.4 Å². The summed E-state index contributed by atoms with van der Waals surface area (Å²) in [6.45, 7) is 1.75. The highest BCUT2D eigenvalue weighted by molar-refractivity contribution is 7.12. The monoisotopic (exact) mass is 327 g/mol. The second-order valence-electron chi connectivity index (χ2n) is 4.20. The molecule has 0 radical (unpaired) electrons. The van der Waals surface area contributed by atoms with E-state index in [4.69, 9.17) is 11.6 Å². The van der Waals surface area contributed by atoms with Crippen molar-refractivity contribution in [3.8, 4) is 0 Å². The molecule has 1 amide bonds. The van der Waals surface area contributed by atoms with Gasteiger partial charge in [0.15, 0.2) is 0 Å². The number of carbonyl (C=O) groups excluding carboxylic acids is 2. The molecule has 0 atom stereocenters. The summed E-state index contributed by atoms with van der Waals surface area (Å²) in [6, 6.07) is 3.74. The van der Waals surface area contributed by atoms with Crippen LogP contribution >= 0.6 is 22.9 Å². The van der Waals surface area contributed by atoms with Gasteiger partial charge in [0, 0.05) is 5.56 Å². The van der Waals surface area contributed by atoms with Crippen molar-refractivity contribution in [3.63, 3.8) is 0 Å². The first-order valence-corrected chi connectivity index (χ1v) is 7.12. The Morgan fingerprint density at radius 3 is 2.71 bits per heavy atom. The van der Waals surface area contributed by atoms with Gasteiger partial charge in [0.25, 0.3) is 5.91 Å². The largest absolute Gasteiger partial charge is 0.465 e. The summed E-state index contributed by atoms with van der Waals surface area (Å²) in [6.07, 6.45) is 0. The van der Waals surface area contributed by atoms with E-state index in [0.717, 1.165) is 11.6 Å². The number of esters is 1. The zero-order valence-electron chi connectivity index (χ0n) is 11.2. The number of amides is 1. The predicted molar refractivity (Wildman–Crippen MR) is 79.8 cm³/mol. The van der Waals surface area contributed by atoms with Gasteiger partial charge < -0.3 is 10.1 Å². The van der Waals surface area contributed by atoms with E-state index >= 15 is 0 Å². The van der Waals surface area contributed by atoms with Crippen LogP contribution in [-0.4, -0.2) is 19.0 Å². The van der Waals surface area contributed by atoms with E-state index in [1.54, 1.807) is 12.3 Å². The maximum atomic E-state index is 13.4. The average Bonchev–Trinajstić information content (AvgIpc) is 2.82. The number of ether oxygens (including phenoxy) is 1. The van der Waals surface area contributed by atoms with Gasteiger partial charge in [0.05, 0.1) is 17.8 Å². The normalized spacial score (nSPS) is 10.3. The van der Waals surface area contributed by atoms with Gasteiger partial charge in [0.1, 0.15) is 10.7 Å². The molecule has 1 aromatic heterocycles. The molecule has 0 aliphatic carbocycles. The van der Waals surface area contributed by atoms with E-state index in [9.17, 15) is 14.0 Å². The maximum Gasteiger partial charge on any atom is 0.350 e. The number of nitrogens with one attached hydrogen (secondary N) is 1. The molecular formula is C14H11ClFNO3S. The third-order valence-electron chi connectivity index (χ3n) is 2.77. The Balaban J connectivity index is 2.29. The van der Waals surface area contributed by atoms with Crippen molar-refractivity contribution in [2.45, 2.75) is 6.92 Å². The van der Waals surface area contributed by atoms with Crippen LogP contribution in [-0.2, 0) is 4.74 Å². The van der Waals surface area contributed by atoms with Crippen LogP contribution in [0.3, 0.4) is 0 Å². The van der Waals surface area contributed by atoms with Crippen LogP contribution in [0.2, 0.25) is 5.02 Å². The third-order valence-corrected chi connectivity index (χ3v) is 4.15. The molecular weight excluding hydrogens is 317 g/mol. The van der Waals surface area contributed by atoms with Crippen LogP contribution in [0, 0.1) is 12.7 Å².